The topological polar surface area (TPSA) is 74.6 Å². The van der Waals surface area contributed by atoms with E-state index in [9.17, 15) is 22.3 Å². The molecule has 2 aliphatic carbocycles. The van der Waals surface area contributed by atoms with Gasteiger partial charge in [-0.15, -0.1) is 0 Å². The van der Waals surface area contributed by atoms with E-state index in [4.69, 9.17) is 4.55 Å². The molecular formula is C8H12F2O4S. The lowest BCUT2D eigenvalue weighted by atomic mass is 9.87. The highest BCUT2D eigenvalue weighted by atomic mass is 32.2. The second-order valence-electron chi connectivity index (χ2n) is 4.45. The minimum Gasteiger partial charge on any atom is -0.393 e. The summed E-state index contributed by atoms with van der Waals surface area (Å²) in [4.78, 5) is 0. The smallest absolute Gasteiger partial charge is 0.373 e. The van der Waals surface area contributed by atoms with Gasteiger partial charge in [-0.05, 0) is 31.1 Å². The summed E-state index contributed by atoms with van der Waals surface area (Å²) < 4.78 is 56.2. The second kappa shape index (κ2) is 3.11. The lowest BCUT2D eigenvalue weighted by Crippen LogP contribution is -2.43. The summed E-state index contributed by atoms with van der Waals surface area (Å²) in [5.74, 6) is -2.18. The summed E-state index contributed by atoms with van der Waals surface area (Å²) in [6, 6.07) is 0. The van der Waals surface area contributed by atoms with E-state index in [2.05, 4.69) is 0 Å². The summed E-state index contributed by atoms with van der Waals surface area (Å²) in [5, 5.41) is 5.28. The summed E-state index contributed by atoms with van der Waals surface area (Å²) in [5.41, 5.74) is 0. The van der Waals surface area contributed by atoms with Crippen molar-refractivity contribution in [2.24, 2.45) is 17.8 Å². The van der Waals surface area contributed by atoms with Gasteiger partial charge >= 0.3 is 15.4 Å². The summed E-state index contributed by atoms with van der Waals surface area (Å²) in [7, 11) is -5.38. The molecule has 15 heavy (non-hydrogen) atoms. The molecule has 2 rings (SSSR count). The first-order chi connectivity index (χ1) is 6.73. The minimum absolute atomic E-state index is 0.0392. The molecule has 7 heteroatoms. The normalized spacial score (nSPS) is 41.1. The van der Waals surface area contributed by atoms with Crippen LogP contribution in [0.1, 0.15) is 19.3 Å². The largest absolute Gasteiger partial charge is 0.393 e. The Hall–Kier alpha value is -0.270. The molecule has 4 nitrogen and oxygen atoms in total. The van der Waals surface area contributed by atoms with Gasteiger partial charge in [0, 0.05) is 5.92 Å². The van der Waals surface area contributed by atoms with Crippen molar-refractivity contribution < 1.29 is 26.9 Å². The van der Waals surface area contributed by atoms with Crippen LogP contribution in [0.3, 0.4) is 0 Å². The van der Waals surface area contributed by atoms with Crippen LogP contribution in [0.2, 0.25) is 0 Å². The molecule has 0 spiro atoms. The molecule has 0 amide bonds. The summed E-state index contributed by atoms with van der Waals surface area (Å²) in [6.45, 7) is 0. The van der Waals surface area contributed by atoms with Crippen molar-refractivity contribution in [3.8, 4) is 0 Å². The molecule has 0 heterocycles. The van der Waals surface area contributed by atoms with E-state index in [0.29, 0.717) is 12.8 Å². The van der Waals surface area contributed by atoms with Gasteiger partial charge in [0.15, 0.2) is 0 Å². The Bertz CT molecular complexity index is 367. The molecule has 4 unspecified atom stereocenters. The monoisotopic (exact) mass is 242 g/mol. The molecule has 0 aromatic carbocycles. The number of halogens is 2. The molecule has 2 fully saturated rings. The number of hydrogen-bond acceptors (Lipinski definition) is 3. The molecule has 0 aromatic heterocycles. The SMILES string of the molecule is O=S(=O)(O)C(F)(F)C1CC2CC(O)C1C2. The van der Waals surface area contributed by atoms with Crippen molar-refractivity contribution in [1.29, 1.82) is 0 Å². The Morgan fingerprint density at radius 1 is 1.20 bits per heavy atom. The van der Waals surface area contributed by atoms with Crippen LogP contribution in [0.25, 0.3) is 0 Å². The molecule has 0 saturated heterocycles. The Labute approximate surface area is 86.0 Å². The predicted octanol–water partition coefficient (Wildman–Crippen LogP) is 0.874. The number of rotatable bonds is 2. The summed E-state index contributed by atoms with van der Waals surface area (Å²) >= 11 is 0. The fraction of sp³-hybridized carbons (Fsp3) is 1.00. The number of fused-ring (bicyclic) bond motifs is 2. The van der Waals surface area contributed by atoms with Crippen molar-refractivity contribution in [3.63, 3.8) is 0 Å². The van der Waals surface area contributed by atoms with E-state index >= 15 is 0 Å². The zero-order chi connectivity index (χ0) is 11.4. The van der Waals surface area contributed by atoms with Crippen molar-refractivity contribution in [2.45, 2.75) is 30.6 Å². The lowest BCUT2D eigenvalue weighted by Gasteiger charge is -2.30. The second-order valence-corrected chi connectivity index (χ2v) is 5.94. The van der Waals surface area contributed by atoms with Crippen LogP contribution in [0.15, 0.2) is 0 Å². The van der Waals surface area contributed by atoms with Crippen LogP contribution in [-0.4, -0.2) is 29.4 Å². The van der Waals surface area contributed by atoms with Crippen molar-refractivity contribution in [1.82, 2.24) is 0 Å². The zero-order valence-electron chi connectivity index (χ0n) is 7.81. The standard InChI is InChI=1S/C8H12F2O4S/c9-8(10,15(12,13)14)6-2-4-1-5(6)7(11)3-4/h4-7,11H,1-3H2,(H,12,13,14). The highest BCUT2D eigenvalue weighted by Gasteiger charge is 2.61. The van der Waals surface area contributed by atoms with Crippen molar-refractivity contribution in [3.05, 3.63) is 0 Å². The average Bonchev–Trinajstić information content (AvgIpc) is 2.59. The molecule has 2 bridgehead atoms. The maximum atomic E-state index is 13.3. The zero-order valence-corrected chi connectivity index (χ0v) is 8.62. The van der Waals surface area contributed by atoms with Gasteiger partial charge in [-0.25, -0.2) is 0 Å². The van der Waals surface area contributed by atoms with Crippen molar-refractivity contribution in [2.75, 3.05) is 0 Å². The maximum Gasteiger partial charge on any atom is 0.373 e. The van der Waals surface area contributed by atoms with Gasteiger partial charge < -0.3 is 5.11 Å². The molecule has 2 N–H and O–H groups in total. The van der Waals surface area contributed by atoms with Crippen LogP contribution in [0, 0.1) is 17.8 Å². The summed E-state index contributed by atoms with van der Waals surface area (Å²) in [6.07, 6.45) is 0.0927. The molecule has 0 aromatic rings. The van der Waals surface area contributed by atoms with E-state index in [-0.39, 0.29) is 12.3 Å². The van der Waals surface area contributed by atoms with Crippen LogP contribution in [0.4, 0.5) is 8.78 Å². The average molecular weight is 242 g/mol. The van der Waals surface area contributed by atoms with E-state index in [1.54, 1.807) is 0 Å². The first-order valence-electron chi connectivity index (χ1n) is 4.76. The van der Waals surface area contributed by atoms with E-state index < -0.39 is 33.3 Å². The van der Waals surface area contributed by atoms with Gasteiger partial charge in [0.05, 0.1) is 6.10 Å². The predicted molar refractivity (Wildman–Crippen MR) is 46.8 cm³/mol. The van der Waals surface area contributed by atoms with Crippen LogP contribution in [0.5, 0.6) is 0 Å². The molecule has 2 aliphatic rings. The van der Waals surface area contributed by atoms with Gasteiger partial charge in [0.1, 0.15) is 0 Å². The lowest BCUT2D eigenvalue weighted by molar-refractivity contribution is -0.0413. The first-order valence-corrected chi connectivity index (χ1v) is 6.20. The molecule has 0 aliphatic heterocycles. The third kappa shape index (κ3) is 1.57. The van der Waals surface area contributed by atoms with E-state index in [0.717, 1.165) is 0 Å². The van der Waals surface area contributed by atoms with Gasteiger partial charge in [0.2, 0.25) is 0 Å². The molecule has 4 atom stereocenters. The maximum absolute atomic E-state index is 13.3. The Morgan fingerprint density at radius 3 is 2.20 bits per heavy atom. The Kier molecular flexibility index (Phi) is 2.33. The van der Waals surface area contributed by atoms with Crippen LogP contribution >= 0.6 is 0 Å². The number of aliphatic hydroxyl groups is 1. The molecule has 88 valence electrons. The van der Waals surface area contributed by atoms with Gasteiger partial charge in [-0.3, -0.25) is 4.55 Å². The third-order valence-electron chi connectivity index (χ3n) is 3.55. The van der Waals surface area contributed by atoms with E-state index in [1.807, 2.05) is 0 Å². The quantitative estimate of drug-likeness (QED) is 0.705. The van der Waals surface area contributed by atoms with Crippen LogP contribution in [-0.2, 0) is 10.1 Å². The fourth-order valence-corrected chi connectivity index (χ4v) is 3.54. The highest BCUT2D eigenvalue weighted by molar-refractivity contribution is 7.86. The number of alkyl halides is 2. The van der Waals surface area contributed by atoms with Crippen molar-refractivity contribution >= 4 is 10.1 Å². The number of hydrogen-bond donors (Lipinski definition) is 2. The van der Waals surface area contributed by atoms with Gasteiger partial charge in [0.25, 0.3) is 0 Å². The van der Waals surface area contributed by atoms with Gasteiger partial charge in [-0.1, -0.05) is 0 Å². The molecule has 2 saturated carbocycles. The Balaban J connectivity index is 2.27. The molecular weight excluding hydrogens is 230 g/mol. The Morgan fingerprint density at radius 2 is 1.80 bits per heavy atom. The highest BCUT2D eigenvalue weighted by Crippen LogP contribution is 2.54. The minimum atomic E-state index is -5.38. The number of aliphatic hydroxyl groups excluding tert-OH is 1. The van der Waals surface area contributed by atoms with Crippen LogP contribution < -0.4 is 0 Å². The first kappa shape index (κ1) is 11.2. The van der Waals surface area contributed by atoms with Gasteiger partial charge in [-0.2, -0.15) is 17.2 Å². The van der Waals surface area contributed by atoms with E-state index in [1.165, 1.54) is 0 Å². The molecule has 0 radical (unpaired) electrons. The fourth-order valence-electron chi connectivity index (χ4n) is 2.89. The third-order valence-corrected chi connectivity index (χ3v) is 4.54.